The van der Waals surface area contributed by atoms with Crippen LogP contribution in [-0.2, 0) is 35.1 Å². The first-order chi connectivity index (χ1) is 18.4. The molecule has 2 rings (SSSR count). The van der Waals surface area contributed by atoms with Crippen molar-refractivity contribution in [1.29, 1.82) is 0 Å². The smallest absolute Gasteiger partial charge is 0.661 e. The summed E-state index contributed by atoms with van der Waals surface area (Å²) in [6.07, 6.45) is 2.56. The van der Waals surface area contributed by atoms with Gasteiger partial charge in [-0.1, -0.05) is 102 Å². The Bertz CT molecular complexity index is 843. The summed E-state index contributed by atoms with van der Waals surface area (Å²) in [7, 11) is -6.86. The molecule has 1 saturated carbocycles. The molecule has 4 atom stereocenters. The van der Waals surface area contributed by atoms with Crippen molar-refractivity contribution in [3.8, 4) is 0 Å². The first kappa shape index (κ1) is 42.7. The Hall–Kier alpha value is 0.681. The second kappa shape index (κ2) is 17.0. The van der Waals surface area contributed by atoms with Gasteiger partial charge in [0.05, 0.1) is 0 Å². The molecule has 0 saturated heterocycles. The van der Waals surface area contributed by atoms with Gasteiger partial charge in [0, 0.05) is 13.2 Å². The van der Waals surface area contributed by atoms with E-state index in [0.717, 1.165) is 30.9 Å². The molecule has 4 unspecified atom stereocenters. The summed E-state index contributed by atoms with van der Waals surface area (Å²) < 4.78 is 12.7. The topological polar surface area (TPSA) is 46.7 Å². The maximum Gasteiger partial charge on any atom is 4.00 e. The number of hydrogen-bond donors (Lipinski definition) is 0. The Balaban J connectivity index is 0.00000182. The Morgan fingerprint density at radius 1 is 0.714 bits per heavy atom. The summed E-state index contributed by atoms with van der Waals surface area (Å²) >= 11 is 0. The minimum Gasteiger partial charge on any atom is -0.661 e. The number of rotatable bonds is 12. The molecular formula is C33H66N2O2Si4Zr. The molecule has 0 heterocycles. The van der Waals surface area contributed by atoms with Gasteiger partial charge in [0.25, 0.3) is 0 Å². The van der Waals surface area contributed by atoms with E-state index in [4.69, 9.17) is 18.8 Å². The van der Waals surface area contributed by atoms with Crippen molar-refractivity contribution in [1.82, 2.24) is 0 Å². The molecule has 1 aliphatic carbocycles. The fourth-order valence-corrected chi connectivity index (χ4v) is 17.7. The van der Waals surface area contributed by atoms with Crippen LogP contribution in [0.25, 0.3) is 9.96 Å². The first-order valence-corrected chi connectivity index (χ1v) is 28.1. The van der Waals surface area contributed by atoms with Gasteiger partial charge in [-0.3, -0.25) is 0 Å². The monoisotopic (exact) mass is 724 g/mol. The summed E-state index contributed by atoms with van der Waals surface area (Å²) in [6, 6.07) is 12.1. The molecule has 0 aliphatic heterocycles. The Morgan fingerprint density at radius 2 is 1.05 bits per heavy atom. The minimum atomic E-state index is -1.91. The van der Waals surface area contributed by atoms with E-state index >= 15 is 0 Å². The van der Waals surface area contributed by atoms with Gasteiger partial charge in [0.1, 0.15) is 0 Å². The molecule has 1 aliphatic rings. The molecule has 1 fully saturated rings. The molecule has 0 aromatic heterocycles. The Morgan fingerprint density at radius 3 is 1.29 bits per heavy atom. The van der Waals surface area contributed by atoms with E-state index in [1.165, 1.54) is 12.8 Å². The van der Waals surface area contributed by atoms with Gasteiger partial charge in [-0.05, 0) is 39.3 Å². The van der Waals surface area contributed by atoms with Crippen molar-refractivity contribution in [3.63, 3.8) is 0 Å². The molecule has 0 spiro atoms. The van der Waals surface area contributed by atoms with Crippen LogP contribution < -0.4 is 0 Å². The molecule has 0 amide bonds. The van der Waals surface area contributed by atoms with Crippen LogP contribution in [-0.4, -0.2) is 57.4 Å². The Kier molecular flexibility index (Phi) is 17.3. The first-order valence-electron chi connectivity index (χ1n) is 15.8. The van der Waals surface area contributed by atoms with Crippen molar-refractivity contribution in [2.45, 2.75) is 148 Å². The van der Waals surface area contributed by atoms with Crippen LogP contribution in [0.5, 0.6) is 0 Å². The fourth-order valence-electron chi connectivity index (χ4n) is 6.39. The zero-order valence-corrected chi connectivity index (χ0v) is 36.7. The van der Waals surface area contributed by atoms with Crippen LogP contribution in [0.15, 0.2) is 30.3 Å². The van der Waals surface area contributed by atoms with E-state index in [2.05, 4.69) is 108 Å². The van der Waals surface area contributed by atoms with E-state index in [-0.39, 0.29) is 37.3 Å². The van der Waals surface area contributed by atoms with Crippen LogP contribution in [0, 0.1) is 12.8 Å². The molecule has 0 radical (unpaired) electrons. The molecule has 42 heavy (non-hydrogen) atoms. The predicted octanol–water partition coefficient (Wildman–Crippen LogP) is 11.2. The largest absolute Gasteiger partial charge is 4.00 e. The summed E-state index contributed by atoms with van der Waals surface area (Å²) in [6.45, 7) is 40.5. The average Bonchev–Trinajstić information content (AvgIpc) is 3.13. The second-order valence-electron chi connectivity index (χ2n) is 16.6. The normalized spacial score (nSPS) is 21.5. The van der Waals surface area contributed by atoms with Crippen molar-refractivity contribution in [3.05, 3.63) is 58.7 Å². The van der Waals surface area contributed by atoms with E-state index in [9.17, 15) is 0 Å². The van der Waals surface area contributed by atoms with Gasteiger partial charge in [-0.2, -0.15) is 42.6 Å². The summed E-state index contributed by atoms with van der Waals surface area (Å²) in [5, 5.41) is 0. The van der Waals surface area contributed by atoms with Gasteiger partial charge in [0.15, 0.2) is 16.6 Å². The summed E-state index contributed by atoms with van der Waals surface area (Å²) in [5.41, 5.74) is 2.35. The third kappa shape index (κ3) is 16.8. The van der Waals surface area contributed by atoms with Crippen molar-refractivity contribution < 1.29 is 35.1 Å². The van der Waals surface area contributed by atoms with Crippen LogP contribution >= 0.6 is 0 Å². The number of benzene rings is 1. The third-order valence-corrected chi connectivity index (χ3v) is 19.1. The third-order valence-electron chi connectivity index (χ3n) is 7.66. The van der Waals surface area contributed by atoms with Crippen LogP contribution in [0.2, 0.25) is 75.5 Å². The SMILES string of the molecule is C[C-]1C([Si](C)(CCO[Si](C)(C)C)[N-]C(C)(C)C)CCC1[Si](C)(CCO[Si](C)(C)C)[N-]C(C)(C)C.[CH2-]c1ccccc1.[Zr+4]. The quantitative estimate of drug-likeness (QED) is 0.159. The van der Waals surface area contributed by atoms with Crippen molar-refractivity contribution in [2.24, 2.45) is 0 Å². The summed E-state index contributed by atoms with van der Waals surface area (Å²) in [5.74, 6) is 1.71. The van der Waals surface area contributed by atoms with Crippen molar-refractivity contribution in [2.75, 3.05) is 13.2 Å². The molecular weight excluding hydrogens is 660 g/mol. The number of hydrogen-bond acceptors (Lipinski definition) is 2. The predicted molar refractivity (Wildman–Crippen MR) is 194 cm³/mol. The zero-order chi connectivity index (χ0) is 31.9. The number of nitrogens with zero attached hydrogens (tertiary/aromatic N) is 2. The fraction of sp³-hybridized carbons (Fsp3) is 0.758. The molecule has 1 aromatic rings. The maximum atomic E-state index is 6.36. The van der Waals surface area contributed by atoms with Crippen molar-refractivity contribution >= 4 is 33.1 Å². The molecule has 0 N–H and O–H groups in total. The summed E-state index contributed by atoms with van der Waals surface area (Å²) in [4.78, 5) is 11.2. The molecule has 0 bridgehead atoms. The molecule has 4 nitrogen and oxygen atoms in total. The average molecular weight is 726 g/mol. The van der Waals surface area contributed by atoms with Gasteiger partial charge in [-0.15, -0.1) is 23.2 Å². The molecule has 240 valence electrons. The van der Waals surface area contributed by atoms with E-state index in [1.54, 1.807) is 5.92 Å². The Labute approximate surface area is 286 Å². The van der Waals surface area contributed by atoms with Gasteiger partial charge in [0.2, 0.25) is 0 Å². The molecule has 1 aromatic carbocycles. The van der Waals surface area contributed by atoms with Crippen LogP contribution in [0.1, 0.15) is 66.9 Å². The maximum absolute atomic E-state index is 6.36. The van der Waals surface area contributed by atoms with Gasteiger partial charge >= 0.3 is 26.2 Å². The van der Waals surface area contributed by atoms with E-state index in [1.807, 2.05) is 30.3 Å². The van der Waals surface area contributed by atoms with E-state index < -0.39 is 33.1 Å². The minimum absolute atomic E-state index is 0. The van der Waals surface area contributed by atoms with E-state index in [0.29, 0.717) is 11.1 Å². The molecule has 9 heteroatoms. The standard InChI is InChI=1S/C26H59N2O2Si4.C7H7.Zr/c1-22-23(33(14,27-25(2,3)4)20-18-29-31(8,9)10)16-17-24(22)34(15,28-26(5,6)7)21-19-30-32(11,12)13;1-7-5-3-2-4-6-7;/h23-24H,16-21H2,1-15H3;2-6H,1H2;/q-3;-1;+4. The second-order valence-corrected chi connectivity index (χ2v) is 33.9. The van der Waals surface area contributed by atoms with Crippen LogP contribution in [0.4, 0.5) is 0 Å². The van der Waals surface area contributed by atoms with Gasteiger partial charge < -0.3 is 24.7 Å². The van der Waals surface area contributed by atoms with Crippen LogP contribution in [0.3, 0.4) is 0 Å². The van der Waals surface area contributed by atoms with Gasteiger partial charge in [-0.25, -0.2) is 0 Å². The zero-order valence-electron chi connectivity index (χ0n) is 30.2.